The topological polar surface area (TPSA) is 70.5 Å². The Labute approximate surface area is 178 Å². The molecule has 0 saturated carbocycles. The summed E-state index contributed by atoms with van der Waals surface area (Å²) >= 11 is 1.44. The number of benzene rings is 1. The molecule has 1 N–H and O–H groups in total. The van der Waals surface area contributed by atoms with Gasteiger partial charge in [0.05, 0.1) is 16.3 Å². The van der Waals surface area contributed by atoms with Gasteiger partial charge < -0.3 is 10.0 Å². The van der Waals surface area contributed by atoms with E-state index in [0.717, 1.165) is 23.2 Å². The van der Waals surface area contributed by atoms with Crippen LogP contribution in [0.15, 0.2) is 29.7 Å². The second kappa shape index (κ2) is 8.63. The van der Waals surface area contributed by atoms with Gasteiger partial charge in [-0.3, -0.25) is 4.79 Å². The second-order valence-corrected chi connectivity index (χ2v) is 9.37. The molecule has 1 amide bonds. The summed E-state index contributed by atoms with van der Waals surface area (Å²) in [5.41, 5.74) is -0.251. The number of piperidine rings is 1. The number of carbonyl (C=O) groups excluding carboxylic acids is 1. The number of allylic oxidation sites excluding steroid dienone is 1. The number of hydrogen-bond acceptors (Lipinski definition) is 4. The molecular weight excluding hydrogens is 410 g/mol. The Balaban J connectivity index is 1.74. The molecule has 0 spiro atoms. The molecule has 0 aliphatic carbocycles. The molecule has 1 saturated heterocycles. The molecule has 3 rings (SSSR count). The number of nitrogens with zero attached hydrogens (tertiary/aromatic N) is 2. The Hall–Kier alpha value is -2.61. The first kappa shape index (κ1) is 22.1. The van der Waals surface area contributed by atoms with Crippen molar-refractivity contribution in [3.05, 3.63) is 57.6 Å². The van der Waals surface area contributed by atoms with Crippen LogP contribution in [0.1, 0.15) is 60.6 Å². The average molecular weight is 435 g/mol. The average Bonchev–Trinajstić information content (AvgIpc) is 3.14. The van der Waals surface area contributed by atoms with Crippen molar-refractivity contribution in [3.8, 4) is 0 Å². The van der Waals surface area contributed by atoms with Gasteiger partial charge >= 0.3 is 6.09 Å². The molecule has 2 unspecified atom stereocenters. The second-order valence-electron chi connectivity index (χ2n) is 8.48. The van der Waals surface area contributed by atoms with Crippen LogP contribution in [-0.4, -0.2) is 39.5 Å². The zero-order valence-electron chi connectivity index (χ0n) is 17.1. The Bertz CT molecular complexity index is 961. The summed E-state index contributed by atoms with van der Waals surface area (Å²) in [4.78, 5) is 29.8. The van der Waals surface area contributed by atoms with E-state index >= 15 is 0 Å². The van der Waals surface area contributed by atoms with Crippen LogP contribution in [-0.2, 0) is 0 Å². The molecule has 1 fully saturated rings. The zero-order valence-corrected chi connectivity index (χ0v) is 17.9. The lowest BCUT2D eigenvalue weighted by Gasteiger charge is -2.44. The fraction of sp³-hybridized carbons (Fsp3) is 0.409. The van der Waals surface area contributed by atoms with Crippen molar-refractivity contribution < 1.29 is 23.5 Å². The first-order valence-electron chi connectivity index (χ1n) is 9.69. The summed E-state index contributed by atoms with van der Waals surface area (Å²) in [7, 11) is 0. The number of carboxylic acid groups (broad SMARTS) is 1. The fourth-order valence-electron chi connectivity index (χ4n) is 3.78. The largest absolute Gasteiger partial charge is 0.465 e. The Kier molecular flexibility index (Phi) is 6.36. The van der Waals surface area contributed by atoms with Gasteiger partial charge in [-0.1, -0.05) is 26.8 Å². The Morgan fingerprint density at radius 1 is 1.27 bits per heavy atom. The third-order valence-corrected chi connectivity index (χ3v) is 6.38. The van der Waals surface area contributed by atoms with E-state index in [1.165, 1.54) is 28.4 Å². The summed E-state index contributed by atoms with van der Waals surface area (Å²) in [6.45, 7) is 6.52. The number of hydrogen-bond donors (Lipinski definition) is 1. The third-order valence-electron chi connectivity index (χ3n) is 5.35. The zero-order chi connectivity index (χ0) is 22.1. The standard InChI is InChI=1S/C22H24F2N2O3S/c1-22(2,3)18-11-13(9-10-26(18)21(28)29)20-25-14(12-30-20)7-8-17(27)19-15(23)5-4-6-16(19)24/h4-8,12-13,18H,9-11H2,1-3H3,(H,28,29)/b8-7+. The van der Waals surface area contributed by atoms with Crippen molar-refractivity contribution in [2.75, 3.05) is 6.54 Å². The molecule has 5 nitrogen and oxygen atoms in total. The number of aromatic nitrogens is 1. The SMILES string of the molecule is CC(C)(C)C1CC(c2nc(/C=C/C(=O)c3c(F)cccc3F)cs2)CCN1C(=O)O. The molecule has 2 atom stereocenters. The van der Waals surface area contributed by atoms with Crippen molar-refractivity contribution >= 4 is 29.3 Å². The maximum Gasteiger partial charge on any atom is 0.407 e. The number of amides is 1. The van der Waals surface area contributed by atoms with E-state index in [1.54, 1.807) is 5.38 Å². The number of ketones is 1. The van der Waals surface area contributed by atoms with Gasteiger partial charge in [0, 0.05) is 23.9 Å². The highest BCUT2D eigenvalue weighted by Gasteiger charge is 2.39. The molecule has 1 aliphatic rings. The molecule has 2 heterocycles. The number of thiazole rings is 1. The van der Waals surface area contributed by atoms with Gasteiger partial charge in [-0.25, -0.2) is 18.6 Å². The highest BCUT2D eigenvalue weighted by Crippen LogP contribution is 2.39. The summed E-state index contributed by atoms with van der Waals surface area (Å²) in [5.74, 6) is -2.44. The smallest absolute Gasteiger partial charge is 0.407 e. The van der Waals surface area contributed by atoms with E-state index in [1.807, 2.05) is 20.8 Å². The predicted molar refractivity (Wildman–Crippen MR) is 112 cm³/mol. The quantitative estimate of drug-likeness (QED) is 0.503. The summed E-state index contributed by atoms with van der Waals surface area (Å²) < 4.78 is 27.5. The molecule has 1 aromatic carbocycles. The van der Waals surface area contributed by atoms with Gasteiger partial charge in [0.1, 0.15) is 11.6 Å². The van der Waals surface area contributed by atoms with Crippen molar-refractivity contribution in [2.24, 2.45) is 5.41 Å². The van der Waals surface area contributed by atoms with Crippen molar-refractivity contribution in [1.29, 1.82) is 0 Å². The lowest BCUT2D eigenvalue weighted by Crippen LogP contribution is -2.51. The van der Waals surface area contributed by atoms with Crippen LogP contribution in [0.25, 0.3) is 6.08 Å². The molecule has 0 bridgehead atoms. The minimum atomic E-state index is -0.907. The monoisotopic (exact) mass is 434 g/mol. The number of rotatable bonds is 4. The molecule has 8 heteroatoms. The van der Waals surface area contributed by atoms with Crippen LogP contribution in [0.2, 0.25) is 0 Å². The van der Waals surface area contributed by atoms with E-state index < -0.39 is 29.1 Å². The van der Waals surface area contributed by atoms with Crippen LogP contribution in [0.3, 0.4) is 0 Å². The molecule has 0 radical (unpaired) electrons. The van der Waals surface area contributed by atoms with E-state index in [-0.39, 0.29) is 17.4 Å². The molecular formula is C22H24F2N2O3S. The Morgan fingerprint density at radius 2 is 1.93 bits per heavy atom. The van der Waals surface area contributed by atoms with Crippen LogP contribution in [0, 0.1) is 17.0 Å². The Morgan fingerprint density at radius 3 is 2.53 bits per heavy atom. The minimum absolute atomic E-state index is 0.122. The van der Waals surface area contributed by atoms with E-state index in [9.17, 15) is 23.5 Å². The maximum absolute atomic E-state index is 13.7. The van der Waals surface area contributed by atoms with Gasteiger partial charge in [-0.05, 0) is 42.5 Å². The van der Waals surface area contributed by atoms with E-state index in [4.69, 9.17) is 0 Å². The van der Waals surface area contributed by atoms with Gasteiger partial charge in [-0.15, -0.1) is 11.3 Å². The first-order valence-corrected chi connectivity index (χ1v) is 10.6. The van der Waals surface area contributed by atoms with Crippen molar-refractivity contribution in [3.63, 3.8) is 0 Å². The van der Waals surface area contributed by atoms with Gasteiger partial charge in [0.15, 0.2) is 5.78 Å². The summed E-state index contributed by atoms with van der Waals surface area (Å²) in [5, 5.41) is 12.2. The number of halogens is 2. The molecule has 1 aliphatic heterocycles. The molecule has 30 heavy (non-hydrogen) atoms. The van der Waals surface area contributed by atoms with Crippen molar-refractivity contribution in [2.45, 2.75) is 45.6 Å². The lowest BCUT2D eigenvalue weighted by atomic mass is 9.77. The van der Waals surface area contributed by atoms with Crippen LogP contribution >= 0.6 is 11.3 Å². The van der Waals surface area contributed by atoms with E-state index in [0.29, 0.717) is 25.1 Å². The summed E-state index contributed by atoms with van der Waals surface area (Å²) in [6.07, 6.45) is 3.00. The van der Waals surface area contributed by atoms with Gasteiger partial charge in [0.2, 0.25) is 0 Å². The van der Waals surface area contributed by atoms with Crippen LogP contribution in [0.4, 0.5) is 13.6 Å². The number of likely N-dealkylation sites (tertiary alicyclic amines) is 1. The van der Waals surface area contributed by atoms with Crippen LogP contribution in [0.5, 0.6) is 0 Å². The maximum atomic E-state index is 13.7. The van der Waals surface area contributed by atoms with Gasteiger partial charge in [-0.2, -0.15) is 0 Å². The molecule has 1 aromatic heterocycles. The first-order chi connectivity index (χ1) is 14.1. The molecule has 160 valence electrons. The van der Waals surface area contributed by atoms with E-state index in [2.05, 4.69) is 4.98 Å². The normalized spacial score (nSPS) is 20.0. The number of carbonyl (C=O) groups is 2. The highest BCUT2D eigenvalue weighted by atomic mass is 32.1. The van der Waals surface area contributed by atoms with Gasteiger partial charge in [0.25, 0.3) is 0 Å². The minimum Gasteiger partial charge on any atom is -0.465 e. The summed E-state index contributed by atoms with van der Waals surface area (Å²) in [6, 6.07) is 3.17. The lowest BCUT2D eigenvalue weighted by molar-refractivity contribution is 0.0525. The third kappa shape index (κ3) is 4.75. The predicted octanol–water partition coefficient (Wildman–Crippen LogP) is 5.59. The van der Waals surface area contributed by atoms with Crippen LogP contribution < -0.4 is 0 Å². The fourth-order valence-corrected chi connectivity index (χ4v) is 4.72. The molecule has 2 aromatic rings. The van der Waals surface area contributed by atoms with Crippen molar-refractivity contribution in [1.82, 2.24) is 9.88 Å². The highest BCUT2D eigenvalue weighted by molar-refractivity contribution is 7.09.